The molecule has 0 bridgehead atoms. The van der Waals surface area contributed by atoms with E-state index in [0.29, 0.717) is 11.3 Å². The first kappa shape index (κ1) is 17.8. The van der Waals surface area contributed by atoms with Crippen molar-refractivity contribution in [1.29, 1.82) is 0 Å². The number of nitrogens with one attached hydrogen (secondary N) is 1. The van der Waals surface area contributed by atoms with Gasteiger partial charge in [0.15, 0.2) is 6.61 Å². The number of anilines is 1. The highest BCUT2D eigenvalue weighted by Crippen LogP contribution is 2.25. The van der Waals surface area contributed by atoms with Gasteiger partial charge in [0.25, 0.3) is 5.91 Å². The van der Waals surface area contributed by atoms with Gasteiger partial charge in [0.1, 0.15) is 0 Å². The van der Waals surface area contributed by atoms with Crippen LogP contribution in [0.15, 0.2) is 42.5 Å². The second-order valence-electron chi connectivity index (χ2n) is 4.67. The number of carbonyl (C=O) groups excluding carboxylic acids is 3. The van der Waals surface area contributed by atoms with E-state index in [-0.39, 0.29) is 15.6 Å². The normalized spacial score (nSPS) is 10.1. The zero-order chi connectivity index (χ0) is 17.7. The first-order valence-electron chi connectivity index (χ1n) is 6.69. The number of amides is 2. The molecule has 0 fully saturated rings. The predicted octanol–water partition coefficient (Wildman–Crippen LogP) is 2.89. The maximum atomic E-state index is 11.9. The minimum atomic E-state index is -0.762. The third-order valence-corrected chi connectivity index (χ3v) is 3.78. The zero-order valence-corrected chi connectivity index (χ0v) is 13.7. The molecule has 0 aliphatic heterocycles. The van der Waals surface area contributed by atoms with Crippen molar-refractivity contribution >= 4 is 46.7 Å². The standard InChI is InChI=1S/C16H12Cl2N2O4/c17-12-3-1-2-11(14(12)18)16(23)24-8-13(21)20-10-6-4-9(5-7-10)15(19)22/h1-7H,8H2,(H2,19,22)(H,20,21). The summed E-state index contributed by atoms with van der Waals surface area (Å²) >= 11 is 11.7. The third kappa shape index (κ3) is 4.47. The molecule has 0 aliphatic rings. The van der Waals surface area contributed by atoms with Crippen LogP contribution >= 0.6 is 23.2 Å². The van der Waals surface area contributed by atoms with Crippen LogP contribution in [0.1, 0.15) is 20.7 Å². The lowest BCUT2D eigenvalue weighted by atomic mass is 10.2. The van der Waals surface area contributed by atoms with Gasteiger partial charge < -0.3 is 15.8 Å². The molecule has 8 heteroatoms. The number of nitrogens with two attached hydrogens (primary N) is 1. The molecule has 0 radical (unpaired) electrons. The summed E-state index contributed by atoms with van der Waals surface area (Å²) in [4.78, 5) is 34.6. The highest BCUT2D eigenvalue weighted by atomic mass is 35.5. The van der Waals surface area contributed by atoms with E-state index in [2.05, 4.69) is 5.32 Å². The Morgan fingerprint density at radius 3 is 2.33 bits per heavy atom. The molecule has 2 aromatic carbocycles. The minimum Gasteiger partial charge on any atom is -0.452 e. The summed E-state index contributed by atoms with van der Waals surface area (Å²) < 4.78 is 4.89. The van der Waals surface area contributed by atoms with Gasteiger partial charge >= 0.3 is 5.97 Å². The van der Waals surface area contributed by atoms with Gasteiger partial charge in [-0.2, -0.15) is 0 Å². The van der Waals surface area contributed by atoms with Crippen LogP contribution in [-0.2, 0) is 9.53 Å². The number of hydrogen-bond acceptors (Lipinski definition) is 4. The maximum Gasteiger partial charge on any atom is 0.340 e. The Kier molecular flexibility index (Phi) is 5.78. The lowest BCUT2D eigenvalue weighted by Gasteiger charge is -2.08. The molecule has 0 unspecified atom stereocenters. The maximum absolute atomic E-state index is 11.9. The lowest BCUT2D eigenvalue weighted by molar-refractivity contribution is -0.119. The van der Waals surface area contributed by atoms with Crippen molar-refractivity contribution in [3.05, 3.63) is 63.6 Å². The van der Waals surface area contributed by atoms with E-state index >= 15 is 0 Å². The van der Waals surface area contributed by atoms with E-state index in [9.17, 15) is 14.4 Å². The molecule has 0 atom stereocenters. The van der Waals surface area contributed by atoms with Crippen LogP contribution in [-0.4, -0.2) is 24.4 Å². The topological polar surface area (TPSA) is 98.5 Å². The van der Waals surface area contributed by atoms with Crippen LogP contribution in [0.4, 0.5) is 5.69 Å². The van der Waals surface area contributed by atoms with Crippen LogP contribution in [0.3, 0.4) is 0 Å². The van der Waals surface area contributed by atoms with Gasteiger partial charge in [-0.1, -0.05) is 29.3 Å². The summed E-state index contributed by atoms with van der Waals surface area (Å²) in [6, 6.07) is 10.5. The Bertz CT molecular complexity index is 791. The number of primary amides is 1. The largest absolute Gasteiger partial charge is 0.452 e. The van der Waals surface area contributed by atoms with E-state index in [4.69, 9.17) is 33.7 Å². The highest BCUT2D eigenvalue weighted by Gasteiger charge is 2.15. The average Bonchev–Trinajstić information content (AvgIpc) is 2.55. The van der Waals surface area contributed by atoms with Crippen molar-refractivity contribution in [2.75, 3.05) is 11.9 Å². The van der Waals surface area contributed by atoms with Crippen molar-refractivity contribution in [2.24, 2.45) is 5.73 Å². The number of benzene rings is 2. The Morgan fingerprint density at radius 2 is 1.71 bits per heavy atom. The first-order chi connectivity index (χ1) is 11.4. The Hall–Kier alpha value is -2.57. The smallest absolute Gasteiger partial charge is 0.340 e. The molecule has 2 aromatic rings. The second-order valence-corrected chi connectivity index (χ2v) is 5.45. The molecule has 0 aromatic heterocycles. The SMILES string of the molecule is NC(=O)c1ccc(NC(=O)COC(=O)c2cccc(Cl)c2Cl)cc1. The number of hydrogen-bond donors (Lipinski definition) is 2. The number of rotatable bonds is 5. The van der Waals surface area contributed by atoms with E-state index in [1.807, 2.05) is 0 Å². The molecular formula is C16H12Cl2N2O4. The van der Waals surface area contributed by atoms with Gasteiger partial charge in [0.2, 0.25) is 5.91 Å². The molecule has 0 spiro atoms. The Labute approximate surface area is 147 Å². The van der Waals surface area contributed by atoms with E-state index in [1.165, 1.54) is 36.4 Å². The predicted molar refractivity (Wildman–Crippen MR) is 90.3 cm³/mol. The summed E-state index contributed by atoms with van der Waals surface area (Å²) in [6.07, 6.45) is 0. The fourth-order valence-electron chi connectivity index (χ4n) is 1.79. The minimum absolute atomic E-state index is 0.0617. The Balaban J connectivity index is 1.92. The lowest BCUT2D eigenvalue weighted by Crippen LogP contribution is -2.21. The monoisotopic (exact) mass is 366 g/mol. The summed E-state index contributed by atoms with van der Waals surface area (Å²) in [5, 5.41) is 2.79. The summed E-state index contributed by atoms with van der Waals surface area (Å²) in [5.41, 5.74) is 5.94. The summed E-state index contributed by atoms with van der Waals surface area (Å²) in [7, 11) is 0. The van der Waals surface area contributed by atoms with Gasteiger partial charge in [-0.15, -0.1) is 0 Å². The van der Waals surface area contributed by atoms with E-state index in [1.54, 1.807) is 6.07 Å². The fourth-order valence-corrected chi connectivity index (χ4v) is 2.16. The van der Waals surface area contributed by atoms with Gasteiger partial charge in [0, 0.05) is 11.3 Å². The molecule has 24 heavy (non-hydrogen) atoms. The molecule has 0 heterocycles. The van der Waals surface area contributed by atoms with Crippen LogP contribution < -0.4 is 11.1 Å². The summed E-state index contributed by atoms with van der Waals surface area (Å²) in [6.45, 7) is -0.501. The molecule has 0 saturated carbocycles. The molecule has 124 valence electrons. The average molecular weight is 367 g/mol. The van der Waals surface area contributed by atoms with Gasteiger partial charge in [-0.25, -0.2) is 4.79 Å². The zero-order valence-electron chi connectivity index (χ0n) is 12.2. The van der Waals surface area contributed by atoms with E-state index in [0.717, 1.165) is 0 Å². The third-order valence-electron chi connectivity index (χ3n) is 2.96. The molecule has 2 amide bonds. The second kappa shape index (κ2) is 7.81. The first-order valence-corrected chi connectivity index (χ1v) is 7.45. The van der Waals surface area contributed by atoms with Crippen LogP contribution in [0.2, 0.25) is 10.0 Å². The molecular weight excluding hydrogens is 355 g/mol. The van der Waals surface area contributed by atoms with Crippen molar-refractivity contribution < 1.29 is 19.1 Å². The number of ether oxygens (including phenoxy) is 1. The molecule has 0 saturated heterocycles. The number of esters is 1. The van der Waals surface area contributed by atoms with Gasteiger partial charge in [-0.3, -0.25) is 9.59 Å². The highest BCUT2D eigenvalue weighted by molar-refractivity contribution is 6.43. The van der Waals surface area contributed by atoms with Crippen molar-refractivity contribution in [3.8, 4) is 0 Å². The fraction of sp³-hybridized carbons (Fsp3) is 0.0625. The van der Waals surface area contributed by atoms with Crippen LogP contribution in [0.5, 0.6) is 0 Å². The number of halogens is 2. The van der Waals surface area contributed by atoms with Crippen LogP contribution in [0, 0.1) is 0 Å². The quantitative estimate of drug-likeness (QED) is 0.794. The molecule has 0 aliphatic carbocycles. The summed E-state index contributed by atoms with van der Waals surface area (Å²) in [5.74, 6) is -1.88. The van der Waals surface area contributed by atoms with Gasteiger partial charge in [0.05, 0.1) is 15.6 Å². The van der Waals surface area contributed by atoms with Crippen molar-refractivity contribution in [2.45, 2.75) is 0 Å². The molecule has 6 nitrogen and oxygen atoms in total. The Morgan fingerprint density at radius 1 is 1.04 bits per heavy atom. The molecule has 3 N–H and O–H groups in total. The van der Waals surface area contributed by atoms with Crippen molar-refractivity contribution in [1.82, 2.24) is 0 Å². The van der Waals surface area contributed by atoms with Gasteiger partial charge in [-0.05, 0) is 36.4 Å². The van der Waals surface area contributed by atoms with Crippen molar-refractivity contribution in [3.63, 3.8) is 0 Å². The van der Waals surface area contributed by atoms with Crippen LogP contribution in [0.25, 0.3) is 0 Å². The number of carbonyl (C=O) groups is 3. The van der Waals surface area contributed by atoms with E-state index < -0.39 is 24.4 Å². The molecule has 2 rings (SSSR count).